The molecule has 0 radical (unpaired) electrons. The fourth-order valence-electron chi connectivity index (χ4n) is 4.26. The van der Waals surface area contributed by atoms with Gasteiger partial charge in [0.05, 0.1) is 12.4 Å². The molecule has 1 aromatic carbocycles. The molecule has 1 aromatic heterocycles. The summed E-state index contributed by atoms with van der Waals surface area (Å²) in [6.45, 7) is 3.94. The summed E-state index contributed by atoms with van der Waals surface area (Å²) in [5, 5.41) is 3.44. The molecule has 1 saturated heterocycles. The zero-order valence-electron chi connectivity index (χ0n) is 17.0. The highest BCUT2D eigenvalue weighted by atomic mass is 19.4. The third-order valence-corrected chi connectivity index (χ3v) is 5.99. The van der Waals surface area contributed by atoms with Crippen molar-refractivity contribution in [2.75, 3.05) is 20.1 Å². The van der Waals surface area contributed by atoms with Crippen molar-refractivity contribution in [1.29, 1.82) is 0 Å². The van der Waals surface area contributed by atoms with Gasteiger partial charge in [-0.15, -0.1) is 13.2 Å². The summed E-state index contributed by atoms with van der Waals surface area (Å²) in [5.41, 5.74) is 0.575. The van der Waals surface area contributed by atoms with Gasteiger partial charge in [0.25, 0.3) is 0 Å². The van der Waals surface area contributed by atoms with Gasteiger partial charge in [-0.25, -0.2) is 4.98 Å². The Hall–Kier alpha value is -2.71. The highest BCUT2D eigenvalue weighted by molar-refractivity contribution is 5.81. The van der Waals surface area contributed by atoms with Gasteiger partial charge < -0.3 is 19.5 Å². The normalized spacial score (nSPS) is 27.1. The summed E-state index contributed by atoms with van der Waals surface area (Å²) in [7, 11) is 1.74. The molecule has 1 saturated carbocycles. The van der Waals surface area contributed by atoms with E-state index in [1.165, 1.54) is 6.07 Å². The Morgan fingerprint density at radius 2 is 2.10 bits per heavy atom. The van der Waals surface area contributed by atoms with Gasteiger partial charge in [-0.2, -0.15) is 0 Å². The first-order valence-corrected chi connectivity index (χ1v) is 10.2. The zero-order valence-corrected chi connectivity index (χ0v) is 17.0. The third kappa shape index (κ3) is 4.55. The summed E-state index contributed by atoms with van der Waals surface area (Å²) in [6.07, 6.45) is 2.68. The maximum Gasteiger partial charge on any atom is 0.573 e. The number of hydrogen-bond donors (Lipinski definition) is 1. The fourth-order valence-corrected chi connectivity index (χ4v) is 4.26. The highest BCUT2D eigenvalue weighted by Crippen LogP contribution is 2.45. The smallest absolute Gasteiger partial charge is 0.405 e. The van der Waals surface area contributed by atoms with Gasteiger partial charge in [-0.3, -0.25) is 4.99 Å². The van der Waals surface area contributed by atoms with Crippen LogP contribution in [0.4, 0.5) is 13.2 Å². The number of hydrogen-bond acceptors (Lipinski definition) is 3. The number of benzene rings is 1. The van der Waals surface area contributed by atoms with E-state index < -0.39 is 6.36 Å². The number of alkyl halides is 3. The second kappa shape index (κ2) is 8.20. The number of nitrogens with zero attached hydrogens (tertiary/aromatic N) is 4. The van der Waals surface area contributed by atoms with Crippen molar-refractivity contribution < 1.29 is 17.9 Å². The van der Waals surface area contributed by atoms with Crippen molar-refractivity contribution in [2.45, 2.75) is 44.1 Å². The minimum Gasteiger partial charge on any atom is -0.405 e. The predicted octanol–water partition coefficient (Wildman–Crippen LogP) is 3.80. The number of halogens is 3. The van der Waals surface area contributed by atoms with E-state index in [4.69, 9.17) is 0 Å². The van der Waals surface area contributed by atoms with Crippen LogP contribution in [0.25, 0.3) is 0 Å². The Labute approximate surface area is 173 Å². The number of likely N-dealkylation sites (tertiary alicyclic amines) is 1. The number of nitrogens with one attached hydrogen (secondary N) is 1. The zero-order chi connectivity index (χ0) is 21.3. The molecule has 6 nitrogen and oxygen atoms in total. The van der Waals surface area contributed by atoms with Crippen LogP contribution in [0.3, 0.4) is 0 Å². The summed E-state index contributed by atoms with van der Waals surface area (Å²) < 4.78 is 44.5. The fraction of sp³-hybridized carbons (Fsp3) is 0.524. The van der Waals surface area contributed by atoms with Crippen LogP contribution in [-0.2, 0) is 0 Å². The molecule has 0 bridgehead atoms. The Bertz CT molecular complexity index is 883. The first kappa shape index (κ1) is 20.6. The van der Waals surface area contributed by atoms with Gasteiger partial charge in [0, 0.05) is 44.5 Å². The second-order valence-electron chi connectivity index (χ2n) is 8.02. The van der Waals surface area contributed by atoms with Crippen LogP contribution in [0.1, 0.15) is 37.3 Å². The van der Waals surface area contributed by atoms with Crippen LogP contribution >= 0.6 is 0 Å². The topological polar surface area (TPSA) is 54.7 Å². The van der Waals surface area contributed by atoms with E-state index in [1.807, 2.05) is 12.5 Å². The van der Waals surface area contributed by atoms with Crippen LogP contribution in [-0.4, -0.2) is 53.0 Å². The molecule has 30 heavy (non-hydrogen) atoms. The first-order valence-electron chi connectivity index (χ1n) is 10.2. The molecular formula is C21H26F3N5O. The standard InChI is InChI=1S/C21H26F3N5O/c1-14-7-9-28(12-18(14)29-10-8-26-13-29)20(25-2)27-17-11-16(17)15-5-3-4-6-19(15)30-21(22,23)24/h3-6,8,10,13-14,16-18H,7,9,11-12H2,1-2H3,(H,25,27). The third-order valence-electron chi connectivity index (χ3n) is 5.99. The van der Waals surface area contributed by atoms with Crippen LogP contribution < -0.4 is 10.1 Å². The molecule has 4 atom stereocenters. The molecule has 4 unspecified atom stereocenters. The van der Waals surface area contributed by atoms with Crippen molar-refractivity contribution >= 4 is 5.96 Å². The van der Waals surface area contributed by atoms with E-state index in [9.17, 15) is 13.2 Å². The van der Waals surface area contributed by atoms with E-state index in [0.717, 1.165) is 31.9 Å². The van der Waals surface area contributed by atoms with Crippen LogP contribution in [0, 0.1) is 5.92 Å². The number of aliphatic imine (C=N–C) groups is 1. The second-order valence-corrected chi connectivity index (χ2v) is 8.02. The number of guanidine groups is 1. The van der Waals surface area contributed by atoms with Gasteiger partial charge in [0.1, 0.15) is 5.75 Å². The first-order chi connectivity index (χ1) is 14.4. The Morgan fingerprint density at radius 1 is 1.30 bits per heavy atom. The van der Waals surface area contributed by atoms with Gasteiger partial charge in [-0.05, 0) is 30.4 Å². The quantitative estimate of drug-likeness (QED) is 0.603. The van der Waals surface area contributed by atoms with E-state index in [0.29, 0.717) is 17.5 Å². The molecule has 9 heteroatoms. The molecule has 1 aliphatic carbocycles. The minimum atomic E-state index is -4.70. The summed E-state index contributed by atoms with van der Waals surface area (Å²) in [4.78, 5) is 10.8. The molecule has 162 valence electrons. The van der Waals surface area contributed by atoms with Crippen LogP contribution in [0.15, 0.2) is 48.0 Å². The highest BCUT2D eigenvalue weighted by Gasteiger charge is 2.43. The van der Waals surface area contributed by atoms with E-state index in [1.54, 1.807) is 31.4 Å². The van der Waals surface area contributed by atoms with Crippen LogP contribution in [0.5, 0.6) is 5.75 Å². The summed E-state index contributed by atoms with van der Waals surface area (Å²) >= 11 is 0. The Balaban J connectivity index is 1.42. The average molecular weight is 421 g/mol. The molecule has 2 fully saturated rings. The minimum absolute atomic E-state index is 0.0338. The lowest BCUT2D eigenvalue weighted by atomic mass is 9.93. The molecule has 0 amide bonds. The predicted molar refractivity (Wildman–Crippen MR) is 107 cm³/mol. The number of imidazole rings is 1. The van der Waals surface area contributed by atoms with Gasteiger partial charge in [0.2, 0.25) is 0 Å². The van der Waals surface area contributed by atoms with Gasteiger partial charge in [0.15, 0.2) is 5.96 Å². The molecule has 2 aliphatic rings. The largest absolute Gasteiger partial charge is 0.573 e. The maximum atomic E-state index is 12.7. The van der Waals surface area contributed by atoms with E-state index in [-0.39, 0.29) is 17.7 Å². The van der Waals surface area contributed by atoms with E-state index in [2.05, 4.69) is 36.4 Å². The van der Waals surface area contributed by atoms with Gasteiger partial charge in [-0.1, -0.05) is 25.1 Å². The lowest BCUT2D eigenvalue weighted by molar-refractivity contribution is -0.274. The van der Waals surface area contributed by atoms with Crippen LogP contribution in [0.2, 0.25) is 0 Å². The summed E-state index contributed by atoms with van der Waals surface area (Å²) in [6, 6.07) is 6.70. The van der Waals surface area contributed by atoms with Crippen molar-refractivity contribution in [3.05, 3.63) is 48.5 Å². The molecule has 2 aromatic rings. The molecule has 1 aliphatic heterocycles. The van der Waals surface area contributed by atoms with Crippen molar-refractivity contribution in [2.24, 2.45) is 10.9 Å². The number of ether oxygens (including phenoxy) is 1. The monoisotopic (exact) mass is 421 g/mol. The van der Waals surface area contributed by atoms with Gasteiger partial charge >= 0.3 is 6.36 Å². The number of piperidine rings is 1. The SMILES string of the molecule is CN=C(NC1CC1c1ccccc1OC(F)(F)F)N1CCC(C)C(n2ccnc2)C1. The molecular weight excluding hydrogens is 395 g/mol. The average Bonchev–Trinajstić information content (AvgIpc) is 3.24. The van der Waals surface area contributed by atoms with E-state index >= 15 is 0 Å². The molecule has 4 rings (SSSR count). The maximum absolute atomic E-state index is 12.7. The summed E-state index contributed by atoms with van der Waals surface area (Å²) in [5.74, 6) is 1.15. The molecule has 1 N–H and O–H groups in total. The number of rotatable bonds is 4. The molecule has 2 heterocycles. The lowest BCUT2D eigenvalue weighted by Gasteiger charge is -2.39. The Kier molecular flexibility index (Phi) is 5.62. The van der Waals surface area contributed by atoms with Crippen molar-refractivity contribution in [1.82, 2.24) is 19.8 Å². The lowest BCUT2D eigenvalue weighted by Crippen LogP contribution is -2.49. The van der Waals surface area contributed by atoms with Crippen molar-refractivity contribution in [3.8, 4) is 5.75 Å². The number of aromatic nitrogens is 2. The molecule has 0 spiro atoms. The van der Waals surface area contributed by atoms with Crippen molar-refractivity contribution in [3.63, 3.8) is 0 Å². The Morgan fingerprint density at radius 3 is 2.80 bits per heavy atom. The number of para-hydroxylation sites is 1.